The number of piperidine rings is 1. The third-order valence-corrected chi connectivity index (χ3v) is 6.89. The minimum absolute atomic E-state index is 0.0816. The Morgan fingerprint density at radius 3 is 2.39 bits per heavy atom. The van der Waals surface area contributed by atoms with E-state index in [-0.39, 0.29) is 30.9 Å². The molecule has 4 rings (SSSR count). The van der Waals surface area contributed by atoms with Gasteiger partial charge in [-0.1, -0.05) is 36.4 Å². The summed E-state index contributed by atoms with van der Waals surface area (Å²) in [5.41, 5.74) is -0.137. The molecule has 2 saturated heterocycles. The summed E-state index contributed by atoms with van der Waals surface area (Å²) in [6.45, 7) is 2.60. The highest BCUT2D eigenvalue weighted by atomic mass is 19.4. The van der Waals surface area contributed by atoms with Gasteiger partial charge in [-0.15, -0.1) is 0 Å². The Balaban J connectivity index is 1.15. The first-order chi connectivity index (χ1) is 18.2. The fourth-order valence-electron chi connectivity index (χ4n) is 4.84. The molecule has 2 N–H and O–H groups in total. The van der Waals surface area contributed by atoms with Gasteiger partial charge in [0.15, 0.2) is 0 Å². The van der Waals surface area contributed by atoms with Crippen LogP contribution in [0.2, 0.25) is 0 Å². The number of likely N-dealkylation sites (tertiary alicyclic amines) is 2. The van der Waals surface area contributed by atoms with Gasteiger partial charge in [0.2, 0.25) is 5.91 Å². The summed E-state index contributed by atoms with van der Waals surface area (Å²) in [6.07, 6.45) is -2.48. The smallest absolute Gasteiger partial charge is 0.416 e. The number of alkyl halides is 3. The summed E-state index contributed by atoms with van der Waals surface area (Å²) in [4.78, 5) is 41.0. The number of hydrogen-bond donors (Lipinski definition) is 2. The van der Waals surface area contributed by atoms with Crippen molar-refractivity contribution in [3.8, 4) is 0 Å². The highest BCUT2D eigenvalue weighted by Crippen LogP contribution is 2.29. The zero-order chi connectivity index (χ0) is 27.1. The largest absolute Gasteiger partial charge is 0.445 e. The fourth-order valence-corrected chi connectivity index (χ4v) is 4.84. The number of nitrogens with one attached hydrogen (secondary N) is 2. The number of carbonyl (C=O) groups is 3. The molecule has 204 valence electrons. The van der Waals surface area contributed by atoms with Crippen molar-refractivity contribution in [2.45, 2.75) is 44.1 Å². The lowest BCUT2D eigenvalue weighted by Crippen LogP contribution is -2.48. The van der Waals surface area contributed by atoms with Crippen molar-refractivity contribution >= 4 is 17.9 Å². The third kappa shape index (κ3) is 7.47. The monoisotopic (exact) mass is 532 g/mol. The predicted octanol–water partition coefficient (Wildman–Crippen LogP) is 3.43. The summed E-state index contributed by atoms with van der Waals surface area (Å²) in [7, 11) is 0. The van der Waals surface area contributed by atoms with Gasteiger partial charge in [0.05, 0.1) is 12.1 Å². The topological polar surface area (TPSA) is 91.0 Å². The van der Waals surface area contributed by atoms with Gasteiger partial charge in [0.25, 0.3) is 5.91 Å². The molecular weight excluding hydrogens is 501 g/mol. The SMILES string of the molecule is O=C(CNC(=O)c1cccc(C(F)(F)F)c1)N[C@@H]1CCN(C2CCN(C(=O)OCc3ccccc3)CC2)C1. The molecule has 0 bridgehead atoms. The van der Waals surface area contributed by atoms with Gasteiger partial charge in [-0.2, -0.15) is 13.2 Å². The lowest BCUT2D eigenvalue weighted by atomic mass is 10.0. The van der Waals surface area contributed by atoms with Crippen LogP contribution in [0.5, 0.6) is 0 Å². The van der Waals surface area contributed by atoms with E-state index in [4.69, 9.17) is 4.74 Å². The van der Waals surface area contributed by atoms with E-state index in [1.54, 1.807) is 4.90 Å². The van der Waals surface area contributed by atoms with Gasteiger partial charge in [-0.05, 0) is 43.0 Å². The Labute approximate surface area is 219 Å². The lowest BCUT2D eigenvalue weighted by Gasteiger charge is -2.36. The second kappa shape index (κ2) is 12.3. The average Bonchev–Trinajstić information content (AvgIpc) is 3.39. The lowest BCUT2D eigenvalue weighted by molar-refractivity contribution is -0.137. The summed E-state index contributed by atoms with van der Waals surface area (Å²) >= 11 is 0. The van der Waals surface area contributed by atoms with E-state index in [1.165, 1.54) is 6.07 Å². The molecule has 0 aromatic heterocycles. The first-order valence-corrected chi connectivity index (χ1v) is 12.6. The second-order valence-electron chi connectivity index (χ2n) is 9.57. The molecule has 2 heterocycles. The van der Waals surface area contributed by atoms with Crippen LogP contribution in [-0.4, -0.2) is 72.5 Å². The number of amides is 3. The van der Waals surface area contributed by atoms with Crippen LogP contribution >= 0.6 is 0 Å². The zero-order valence-electron chi connectivity index (χ0n) is 20.9. The maximum atomic E-state index is 12.9. The molecule has 0 unspecified atom stereocenters. The first-order valence-electron chi connectivity index (χ1n) is 12.6. The van der Waals surface area contributed by atoms with Crippen molar-refractivity contribution in [1.82, 2.24) is 20.4 Å². The van der Waals surface area contributed by atoms with Crippen LogP contribution in [0.4, 0.5) is 18.0 Å². The fraction of sp³-hybridized carbons (Fsp3) is 0.444. The Morgan fingerprint density at radius 2 is 1.68 bits per heavy atom. The summed E-state index contributed by atoms with van der Waals surface area (Å²) in [5.74, 6) is -1.14. The van der Waals surface area contributed by atoms with E-state index in [2.05, 4.69) is 15.5 Å². The van der Waals surface area contributed by atoms with Gasteiger partial charge in [0, 0.05) is 43.8 Å². The molecule has 3 amide bonds. The maximum absolute atomic E-state index is 12.9. The normalized spacial score (nSPS) is 18.7. The first kappa shape index (κ1) is 27.4. The minimum atomic E-state index is -4.55. The number of carbonyl (C=O) groups excluding carboxylic acids is 3. The van der Waals surface area contributed by atoms with Crippen LogP contribution in [0.25, 0.3) is 0 Å². The number of nitrogens with zero attached hydrogens (tertiary/aromatic N) is 2. The Morgan fingerprint density at radius 1 is 0.947 bits per heavy atom. The van der Waals surface area contributed by atoms with Crippen LogP contribution in [-0.2, 0) is 22.3 Å². The molecule has 0 radical (unpaired) electrons. The molecule has 0 saturated carbocycles. The van der Waals surface area contributed by atoms with Crippen LogP contribution in [0, 0.1) is 0 Å². The van der Waals surface area contributed by atoms with Gasteiger partial charge in [0.1, 0.15) is 6.61 Å². The summed E-state index contributed by atoms with van der Waals surface area (Å²) in [5, 5.41) is 5.27. The van der Waals surface area contributed by atoms with Crippen molar-refractivity contribution in [2.75, 3.05) is 32.7 Å². The standard InChI is InChI=1S/C27H31F3N4O4/c28-27(29,30)21-8-4-7-20(15-21)25(36)31-16-24(35)32-22-9-12-34(17-22)23-10-13-33(14-11-23)26(37)38-18-19-5-2-1-3-6-19/h1-8,15,22-23H,9-14,16-18H2,(H,31,36)(H,32,35)/t22-/m1/s1. The van der Waals surface area contributed by atoms with Crippen LogP contribution < -0.4 is 10.6 Å². The number of ether oxygens (including phenoxy) is 1. The molecule has 2 fully saturated rings. The number of rotatable bonds is 7. The maximum Gasteiger partial charge on any atom is 0.416 e. The van der Waals surface area contributed by atoms with Gasteiger partial charge >= 0.3 is 12.3 Å². The van der Waals surface area contributed by atoms with Gasteiger partial charge in [-0.3, -0.25) is 14.5 Å². The van der Waals surface area contributed by atoms with E-state index in [0.717, 1.165) is 49.6 Å². The van der Waals surface area contributed by atoms with Crippen LogP contribution in [0.3, 0.4) is 0 Å². The molecule has 0 aliphatic carbocycles. The molecule has 11 heteroatoms. The minimum Gasteiger partial charge on any atom is -0.445 e. The number of hydrogen-bond acceptors (Lipinski definition) is 5. The highest BCUT2D eigenvalue weighted by molar-refractivity contribution is 5.96. The Hall–Kier alpha value is -3.60. The van der Waals surface area contributed by atoms with E-state index in [0.29, 0.717) is 25.7 Å². The van der Waals surface area contributed by atoms with E-state index in [9.17, 15) is 27.6 Å². The molecule has 2 aliphatic rings. The van der Waals surface area contributed by atoms with Crippen LogP contribution in [0.1, 0.15) is 40.7 Å². The van der Waals surface area contributed by atoms with E-state index >= 15 is 0 Å². The van der Waals surface area contributed by atoms with E-state index < -0.39 is 23.6 Å². The molecule has 0 spiro atoms. The molecule has 38 heavy (non-hydrogen) atoms. The molecule has 2 aliphatic heterocycles. The van der Waals surface area contributed by atoms with Crippen molar-refractivity contribution in [3.63, 3.8) is 0 Å². The zero-order valence-corrected chi connectivity index (χ0v) is 20.9. The molecule has 8 nitrogen and oxygen atoms in total. The second-order valence-corrected chi connectivity index (χ2v) is 9.57. The predicted molar refractivity (Wildman–Crippen MR) is 133 cm³/mol. The van der Waals surface area contributed by atoms with Crippen LogP contribution in [0.15, 0.2) is 54.6 Å². The van der Waals surface area contributed by atoms with Crippen molar-refractivity contribution < 1.29 is 32.3 Å². The van der Waals surface area contributed by atoms with Gasteiger partial charge in [-0.25, -0.2) is 4.79 Å². The van der Waals surface area contributed by atoms with Gasteiger partial charge < -0.3 is 20.3 Å². The Bertz CT molecular complexity index is 1120. The molecule has 2 aromatic carbocycles. The molecule has 2 aromatic rings. The molecule has 1 atom stereocenters. The molecular formula is C27H31F3N4O4. The average molecular weight is 533 g/mol. The number of halogens is 3. The third-order valence-electron chi connectivity index (χ3n) is 6.89. The highest BCUT2D eigenvalue weighted by Gasteiger charge is 2.33. The van der Waals surface area contributed by atoms with Crippen molar-refractivity contribution in [2.24, 2.45) is 0 Å². The van der Waals surface area contributed by atoms with Crippen molar-refractivity contribution in [3.05, 3.63) is 71.3 Å². The number of benzene rings is 2. The quantitative estimate of drug-likeness (QED) is 0.571. The Kier molecular flexibility index (Phi) is 8.88. The van der Waals surface area contributed by atoms with E-state index in [1.807, 2.05) is 30.3 Å². The van der Waals surface area contributed by atoms with Crippen molar-refractivity contribution in [1.29, 1.82) is 0 Å². The summed E-state index contributed by atoms with van der Waals surface area (Å²) < 4.78 is 44.0. The summed E-state index contributed by atoms with van der Waals surface area (Å²) in [6, 6.07) is 13.8.